The van der Waals surface area contributed by atoms with Crippen LogP contribution in [0.25, 0.3) is 0 Å². The van der Waals surface area contributed by atoms with Gasteiger partial charge in [-0.25, -0.2) is 4.79 Å². The van der Waals surface area contributed by atoms with Crippen LogP contribution in [-0.2, 0) is 9.53 Å². The van der Waals surface area contributed by atoms with Gasteiger partial charge in [-0.3, -0.25) is 4.79 Å². The highest BCUT2D eigenvalue weighted by Gasteiger charge is 2.15. The quantitative estimate of drug-likeness (QED) is 0.599. The highest BCUT2D eigenvalue weighted by molar-refractivity contribution is 14.1. The van der Waals surface area contributed by atoms with Gasteiger partial charge in [0.1, 0.15) is 11.3 Å². The predicted octanol–water partition coefficient (Wildman–Crippen LogP) is 3.10. The monoisotopic (exact) mass is 411 g/mol. The molecule has 2 rings (SSSR count). The molecule has 0 spiro atoms. The summed E-state index contributed by atoms with van der Waals surface area (Å²) in [5.41, 5.74) is 1.24. The van der Waals surface area contributed by atoms with Crippen LogP contribution < -0.4 is 5.32 Å². The van der Waals surface area contributed by atoms with Gasteiger partial charge in [-0.2, -0.15) is 0 Å². The molecule has 6 heteroatoms. The van der Waals surface area contributed by atoms with Gasteiger partial charge < -0.3 is 15.2 Å². The third-order valence-corrected chi connectivity index (χ3v) is 3.57. The summed E-state index contributed by atoms with van der Waals surface area (Å²) in [6.07, 6.45) is 0. The van der Waals surface area contributed by atoms with Crippen LogP contribution in [0.15, 0.2) is 42.5 Å². The normalized spacial score (nSPS) is 10.1. The molecule has 114 valence electrons. The van der Waals surface area contributed by atoms with Gasteiger partial charge in [0.15, 0.2) is 6.61 Å². The maximum atomic E-state index is 11.9. The van der Waals surface area contributed by atoms with Crippen molar-refractivity contribution in [2.24, 2.45) is 0 Å². The molecule has 2 aromatic carbocycles. The number of halogens is 1. The van der Waals surface area contributed by atoms with Crippen LogP contribution in [0.2, 0.25) is 0 Å². The van der Waals surface area contributed by atoms with Crippen molar-refractivity contribution in [3.63, 3.8) is 0 Å². The van der Waals surface area contributed by atoms with E-state index in [1.807, 2.05) is 12.1 Å². The number of phenolic OH excluding ortho intramolecular Hbond substituents is 1. The zero-order chi connectivity index (χ0) is 16.1. The van der Waals surface area contributed by atoms with Gasteiger partial charge in [-0.15, -0.1) is 0 Å². The van der Waals surface area contributed by atoms with Gasteiger partial charge in [0.2, 0.25) is 0 Å². The smallest absolute Gasteiger partial charge is 0.342 e. The summed E-state index contributed by atoms with van der Waals surface area (Å²) in [5.74, 6) is -1.31. The molecule has 0 saturated carbocycles. The number of aryl methyl sites for hydroxylation is 1. The second-order valence-electron chi connectivity index (χ2n) is 4.61. The van der Waals surface area contributed by atoms with Gasteiger partial charge in [-0.05, 0) is 59.3 Å². The Labute approximate surface area is 141 Å². The Bertz CT molecular complexity index is 715. The number of rotatable bonds is 4. The van der Waals surface area contributed by atoms with E-state index in [4.69, 9.17) is 4.74 Å². The summed E-state index contributed by atoms with van der Waals surface area (Å²) in [7, 11) is 0. The van der Waals surface area contributed by atoms with Crippen LogP contribution in [0.3, 0.4) is 0 Å². The van der Waals surface area contributed by atoms with Crippen LogP contribution in [0.4, 0.5) is 5.69 Å². The highest BCUT2D eigenvalue weighted by Crippen LogP contribution is 2.22. The average molecular weight is 411 g/mol. The number of amides is 1. The van der Waals surface area contributed by atoms with E-state index in [1.165, 1.54) is 6.07 Å². The van der Waals surface area contributed by atoms with E-state index < -0.39 is 18.5 Å². The van der Waals surface area contributed by atoms with Crippen LogP contribution in [0.1, 0.15) is 15.9 Å². The van der Waals surface area contributed by atoms with Crippen LogP contribution in [0, 0.1) is 10.5 Å². The maximum Gasteiger partial charge on any atom is 0.342 e. The molecule has 2 N–H and O–H groups in total. The number of ether oxygens (including phenoxy) is 1. The fourth-order valence-corrected chi connectivity index (χ4v) is 2.34. The van der Waals surface area contributed by atoms with Crippen molar-refractivity contribution in [3.05, 3.63) is 57.2 Å². The third-order valence-electron chi connectivity index (χ3n) is 2.90. The molecule has 22 heavy (non-hydrogen) atoms. The van der Waals surface area contributed by atoms with Crippen molar-refractivity contribution >= 4 is 40.2 Å². The zero-order valence-electron chi connectivity index (χ0n) is 11.8. The maximum absolute atomic E-state index is 11.9. The van der Waals surface area contributed by atoms with Crippen molar-refractivity contribution in [3.8, 4) is 5.75 Å². The van der Waals surface area contributed by atoms with Crippen LogP contribution in [0.5, 0.6) is 5.75 Å². The van der Waals surface area contributed by atoms with Crippen LogP contribution in [-0.4, -0.2) is 23.6 Å². The largest absolute Gasteiger partial charge is 0.507 e. The molecule has 2 aromatic rings. The number of hydrogen-bond acceptors (Lipinski definition) is 4. The Morgan fingerprint density at radius 3 is 2.68 bits per heavy atom. The Hall–Kier alpha value is -2.09. The number of aromatic hydroxyl groups is 1. The van der Waals surface area contributed by atoms with Crippen LogP contribution >= 0.6 is 22.6 Å². The second-order valence-corrected chi connectivity index (χ2v) is 5.85. The SMILES string of the molecule is Cc1cccc(C(=O)OCC(=O)Nc2cccc(I)c2)c1O. The fraction of sp³-hybridized carbons (Fsp3) is 0.125. The van der Waals surface area contributed by atoms with E-state index in [1.54, 1.807) is 31.2 Å². The van der Waals surface area contributed by atoms with Gasteiger partial charge >= 0.3 is 5.97 Å². The lowest BCUT2D eigenvalue weighted by atomic mass is 10.1. The molecule has 0 radical (unpaired) electrons. The minimum Gasteiger partial charge on any atom is -0.507 e. The molecular formula is C16H14INO4. The molecule has 1 amide bonds. The first kappa shape index (κ1) is 16.3. The van der Waals surface area contributed by atoms with E-state index in [0.29, 0.717) is 11.3 Å². The van der Waals surface area contributed by atoms with E-state index in [2.05, 4.69) is 27.9 Å². The first-order valence-corrected chi connectivity index (χ1v) is 7.56. The van der Waals surface area contributed by atoms with Gasteiger partial charge in [-0.1, -0.05) is 18.2 Å². The van der Waals surface area contributed by atoms with Gasteiger partial charge in [0, 0.05) is 9.26 Å². The molecule has 5 nitrogen and oxygen atoms in total. The molecule has 0 bridgehead atoms. The lowest BCUT2D eigenvalue weighted by Crippen LogP contribution is -2.21. The van der Waals surface area contributed by atoms with Crippen molar-refractivity contribution in [1.82, 2.24) is 0 Å². The van der Waals surface area contributed by atoms with Crippen molar-refractivity contribution in [2.75, 3.05) is 11.9 Å². The Balaban J connectivity index is 1.93. The van der Waals surface area contributed by atoms with E-state index in [0.717, 1.165) is 3.57 Å². The molecule has 0 aromatic heterocycles. The van der Waals surface area contributed by atoms with E-state index in [9.17, 15) is 14.7 Å². The number of esters is 1. The van der Waals surface area contributed by atoms with E-state index in [-0.39, 0.29) is 11.3 Å². The van der Waals surface area contributed by atoms with Gasteiger partial charge in [0.25, 0.3) is 5.91 Å². The summed E-state index contributed by atoms with van der Waals surface area (Å²) in [5, 5.41) is 12.4. The number of para-hydroxylation sites is 1. The third kappa shape index (κ3) is 4.20. The summed E-state index contributed by atoms with van der Waals surface area (Å²) < 4.78 is 5.90. The Morgan fingerprint density at radius 1 is 1.23 bits per heavy atom. The second kappa shape index (κ2) is 7.26. The average Bonchev–Trinajstić information content (AvgIpc) is 2.47. The number of phenols is 1. The number of anilines is 1. The zero-order valence-corrected chi connectivity index (χ0v) is 14.0. The molecule has 0 fully saturated rings. The summed E-state index contributed by atoms with van der Waals surface area (Å²) in [6, 6.07) is 12.0. The summed E-state index contributed by atoms with van der Waals surface area (Å²) in [6.45, 7) is 1.26. The molecule has 0 aliphatic carbocycles. The molecule has 0 heterocycles. The molecule has 0 atom stereocenters. The topological polar surface area (TPSA) is 75.6 Å². The predicted molar refractivity (Wildman–Crippen MR) is 90.9 cm³/mol. The first-order valence-electron chi connectivity index (χ1n) is 6.48. The van der Waals surface area contributed by atoms with Crippen molar-refractivity contribution in [1.29, 1.82) is 0 Å². The lowest BCUT2D eigenvalue weighted by Gasteiger charge is -2.08. The number of hydrogen-bond donors (Lipinski definition) is 2. The number of benzene rings is 2. The van der Waals surface area contributed by atoms with E-state index >= 15 is 0 Å². The van der Waals surface area contributed by atoms with Crippen molar-refractivity contribution in [2.45, 2.75) is 6.92 Å². The lowest BCUT2D eigenvalue weighted by molar-refractivity contribution is -0.119. The number of carbonyl (C=O) groups excluding carboxylic acids is 2. The van der Waals surface area contributed by atoms with Gasteiger partial charge in [0.05, 0.1) is 0 Å². The number of carbonyl (C=O) groups is 2. The fourth-order valence-electron chi connectivity index (χ4n) is 1.80. The molecule has 0 aliphatic rings. The molecule has 0 aliphatic heterocycles. The highest BCUT2D eigenvalue weighted by atomic mass is 127. The molecular weight excluding hydrogens is 397 g/mol. The Kier molecular flexibility index (Phi) is 5.37. The summed E-state index contributed by atoms with van der Waals surface area (Å²) in [4.78, 5) is 23.6. The minimum atomic E-state index is -0.737. The molecule has 0 unspecified atom stereocenters. The summed E-state index contributed by atoms with van der Waals surface area (Å²) >= 11 is 2.13. The minimum absolute atomic E-state index is 0.0436. The standard InChI is InChI=1S/C16H14INO4/c1-10-4-2-7-13(15(10)20)16(21)22-9-14(19)18-12-6-3-5-11(17)8-12/h2-8,20H,9H2,1H3,(H,18,19). The molecule has 0 saturated heterocycles. The Morgan fingerprint density at radius 2 is 1.95 bits per heavy atom. The van der Waals surface area contributed by atoms with Crippen molar-refractivity contribution < 1.29 is 19.4 Å². The first-order chi connectivity index (χ1) is 10.5. The number of nitrogens with one attached hydrogen (secondary N) is 1.